The number of rotatable bonds is 7. The zero-order valence-electron chi connectivity index (χ0n) is 12.8. The molecule has 116 valence electrons. The van der Waals surface area contributed by atoms with E-state index in [0.29, 0.717) is 6.04 Å². The molecule has 0 saturated carbocycles. The first kappa shape index (κ1) is 15.9. The average Bonchev–Trinajstić information content (AvgIpc) is 2.49. The van der Waals surface area contributed by atoms with Gasteiger partial charge in [-0.15, -0.1) is 0 Å². The van der Waals surface area contributed by atoms with Gasteiger partial charge in [-0.2, -0.15) is 0 Å². The van der Waals surface area contributed by atoms with Gasteiger partial charge in [0, 0.05) is 31.3 Å². The molecule has 1 unspecified atom stereocenters. The number of piperidine rings is 1. The second-order valence-corrected chi connectivity index (χ2v) is 5.81. The lowest BCUT2D eigenvalue weighted by Gasteiger charge is -2.30. The summed E-state index contributed by atoms with van der Waals surface area (Å²) in [6, 6.07) is 7.52. The van der Waals surface area contributed by atoms with E-state index in [9.17, 15) is 10.1 Å². The van der Waals surface area contributed by atoms with Crippen LogP contribution in [0.5, 0.6) is 0 Å². The van der Waals surface area contributed by atoms with Crippen LogP contribution < -0.4 is 5.32 Å². The van der Waals surface area contributed by atoms with Crippen molar-refractivity contribution in [2.45, 2.75) is 45.2 Å². The van der Waals surface area contributed by atoms with Crippen LogP contribution in [0.1, 0.15) is 38.2 Å². The molecule has 1 fully saturated rings. The van der Waals surface area contributed by atoms with Gasteiger partial charge in [-0.05, 0) is 37.9 Å². The van der Waals surface area contributed by atoms with Crippen LogP contribution in [0.4, 0.5) is 5.69 Å². The number of nitro benzene ring substituents is 1. The maximum atomic E-state index is 10.7. The third-order valence-electron chi connectivity index (χ3n) is 3.98. The number of non-ortho nitro benzene ring substituents is 1. The normalized spacial score (nSPS) is 18.9. The smallest absolute Gasteiger partial charge is 0.269 e. The number of nitro groups is 1. The molecule has 5 nitrogen and oxygen atoms in total. The van der Waals surface area contributed by atoms with Crippen molar-refractivity contribution in [2.24, 2.45) is 0 Å². The Kier molecular flexibility index (Phi) is 6.14. The summed E-state index contributed by atoms with van der Waals surface area (Å²) in [5.74, 6) is 0. The first-order chi connectivity index (χ1) is 10.2. The number of hydrogen-bond donors (Lipinski definition) is 1. The van der Waals surface area contributed by atoms with Gasteiger partial charge in [-0.3, -0.25) is 15.0 Å². The Balaban J connectivity index is 1.92. The average molecular weight is 291 g/mol. The van der Waals surface area contributed by atoms with Crippen LogP contribution in [0.3, 0.4) is 0 Å². The van der Waals surface area contributed by atoms with Crippen LogP contribution in [-0.2, 0) is 6.54 Å². The molecule has 21 heavy (non-hydrogen) atoms. The van der Waals surface area contributed by atoms with Gasteiger partial charge in [-0.25, -0.2) is 0 Å². The number of benzene rings is 1. The third-order valence-corrected chi connectivity index (χ3v) is 3.98. The van der Waals surface area contributed by atoms with Crippen molar-refractivity contribution in [3.8, 4) is 0 Å². The fraction of sp³-hybridized carbons (Fsp3) is 0.625. The van der Waals surface area contributed by atoms with Crippen LogP contribution in [0, 0.1) is 10.1 Å². The SMILES string of the molecule is CCCN(Cc1ccc([N+](=O)[O-])cc1)CC1CCCCN1. The minimum absolute atomic E-state index is 0.162. The van der Waals surface area contributed by atoms with E-state index in [1.54, 1.807) is 12.1 Å². The van der Waals surface area contributed by atoms with Crippen LogP contribution in [0.15, 0.2) is 24.3 Å². The van der Waals surface area contributed by atoms with Crippen LogP contribution in [0.25, 0.3) is 0 Å². The van der Waals surface area contributed by atoms with Gasteiger partial charge < -0.3 is 5.32 Å². The maximum Gasteiger partial charge on any atom is 0.269 e. The van der Waals surface area contributed by atoms with E-state index in [2.05, 4.69) is 17.1 Å². The summed E-state index contributed by atoms with van der Waals surface area (Å²) in [6.45, 7) is 6.31. The highest BCUT2D eigenvalue weighted by Gasteiger charge is 2.16. The largest absolute Gasteiger partial charge is 0.313 e. The highest BCUT2D eigenvalue weighted by molar-refractivity contribution is 5.32. The zero-order valence-corrected chi connectivity index (χ0v) is 12.8. The fourth-order valence-electron chi connectivity index (χ4n) is 2.92. The molecule has 0 spiro atoms. The quantitative estimate of drug-likeness (QED) is 0.620. The van der Waals surface area contributed by atoms with E-state index in [-0.39, 0.29) is 10.6 Å². The molecule has 1 aliphatic heterocycles. The predicted molar refractivity (Wildman–Crippen MR) is 84.3 cm³/mol. The van der Waals surface area contributed by atoms with E-state index >= 15 is 0 Å². The highest BCUT2D eigenvalue weighted by Crippen LogP contribution is 2.15. The number of nitrogens with one attached hydrogen (secondary N) is 1. The molecular formula is C16H25N3O2. The Morgan fingerprint density at radius 1 is 1.33 bits per heavy atom. The van der Waals surface area contributed by atoms with Crippen molar-refractivity contribution in [1.29, 1.82) is 0 Å². The Bertz CT molecular complexity index is 441. The van der Waals surface area contributed by atoms with Gasteiger partial charge in [0.1, 0.15) is 0 Å². The summed E-state index contributed by atoms with van der Waals surface area (Å²) in [6.07, 6.45) is 4.97. The molecule has 0 amide bonds. The predicted octanol–water partition coefficient (Wildman–Crippen LogP) is 2.95. The molecule has 2 rings (SSSR count). The summed E-state index contributed by atoms with van der Waals surface area (Å²) >= 11 is 0. The summed E-state index contributed by atoms with van der Waals surface area (Å²) in [5.41, 5.74) is 1.31. The van der Waals surface area contributed by atoms with E-state index in [4.69, 9.17) is 0 Å². The van der Waals surface area contributed by atoms with Crippen molar-refractivity contribution in [3.05, 3.63) is 39.9 Å². The first-order valence-electron chi connectivity index (χ1n) is 7.88. The molecule has 1 aromatic rings. The first-order valence-corrected chi connectivity index (χ1v) is 7.88. The van der Waals surface area contributed by atoms with Crippen LogP contribution >= 0.6 is 0 Å². The second-order valence-electron chi connectivity index (χ2n) is 5.81. The molecule has 0 aliphatic carbocycles. The third kappa shape index (κ3) is 5.10. The molecule has 1 aliphatic rings. The monoisotopic (exact) mass is 291 g/mol. The van der Waals surface area contributed by atoms with Gasteiger partial charge >= 0.3 is 0 Å². The molecule has 1 heterocycles. The van der Waals surface area contributed by atoms with Crippen molar-refractivity contribution in [1.82, 2.24) is 10.2 Å². The van der Waals surface area contributed by atoms with E-state index in [1.807, 2.05) is 12.1 Å². The molecule has 1 atom stereocenters. The lowest BCUT2D eigenvalue weighted by Crippen LogP contribution is -2.43. The summed E-state index contributed by atoms with van der Waals surface area (Å²) in [4.78, 5) is 12.8. The van der Waals surface area contributed by atoms with Crippen LogP contribution in [0.2, 0.25) is 0 Å². The van der Waals surface area contributed by atoms with Gasteiger partial charge in [0.25, 0.3) is 5.69 Å². The summed E-state index contributed by atoms with van der Waals surface area (Å²) < 4.78 is 0. The van der Waals surface area contributed by atoms with E-state index in [1.165, 1.54) is 19.3 Å². The topological polar surface area (TPSA) is 58.4 Å². The molecule has 1 saturated heterocycles. The second kappa shape index (κ2) is 8.10. The van der Waals surface area contributed by atoms with Crippen molar-refractivity contribution < 1.29 is 4.92 Å². The van der Waals surface area contributed by atoms with Crippen molar-refractivity contribution in [2.75, 3.05) is 19.6 Å². The van der Waals surface area contributed by atoms with Crippen molar-refractivity contribution >= 4 is 5.69 Å². The minimum Gasteiger partial charge on any atom is -0.313 e. The number of hydrogen-bond acceptors (Lipinski definition) is 4. The van der Waals surface area contributed by atoms with E-state index in [0.717, 1.165) is 38.2 Å². The Hall–Kier alpha value is -1.46. The standard InChI is InChI=1S/C16H25N3O2/c1-2-11-18(13-15-5-3-4-10-17-15)12-14-6-8-16(9-7-14)19(20)21/h6-9,15,17H,2-5,10-13H2,1H3. The van der Waals surface area contributed by atoms with Crippen LogP contribution in [-0.4, -0.2) is 35.5 Å². The Morgan fingerprint density at radius 3 is 2.67 bits per heavy atom. The maximum absolute atomic E-state index is 10.7. The Labute approximate surface area is 126 Å². The zero-order chi connectivity index (χ0) is 15.1. The summed E-state index contributed by atoms with van der Waals surface area (Å²) in [7, 11) is 0. The molecule has 5 heteroatoms. The van der Waals surface area contributed by atoms with E-state index < -0.39 is 0 Å². The highest BCUT2D eigenvalue weighted by atomic mass is 16.6. The molecular weight excluding hydrogens is 266 g/mol. The van der Waals surface area contributed by atoms with Gasteiger partial charge in [0.2, 0.25) is 0 Å². The molecule has 0 radical (unpaired) electrons. The Morgan fingerprint density at radius 2 is 2.10 bits per heavy atom. The van der Waals surface area contributed by atoms with Gasteiger partial charge in [0.05, 0.1) is 4.92 Å². The molecule has 1 aromatic carbocycles. The number of nitrogens with zero attached hydrogens (tertiary/aromatic N) is 2. The molecule has 0 bridgehead atoms. The lowest BCUT2D eigenvalue weighted by molar-refractivity contribution is -0.384. The molecule has 0 aromatic heterocycles. The summed E-state index contributed by atoms with van der Waals surface area (Å²) in [5, 5.41) is 14.3. The fourth-order valence-corrected chi connectivity index (χ4v) is 2.92. The lowest BCUT2D eigenvalue weighted by atomic mass is 10.0. The van der Waals surface area contributed by atoms with Gasteiger partial charge in [-0.1, -0.05) is 25.5 Å². The minimum atomic E-state index is -0.348. The van der Waals surface area contributed by atoms with Crippen molar-refractivity contribution in [3.63, 3.8) is 0 Å². The molecule has 1 N–H and O–H groups in total. The van der Waals surface area contributed by atoms with Gasteiger partial charge in [0.15, 0.2) is 0 Å².